The zero-order valence-corrected chi connectivity index (χ0v) is 21.0. The highest BCUT2D eigenvalue weighted by Crippen LogP contribution is 2.34. The van der Waals surface area contributed by atoms with Gasteiger partial charge in [0.15, 0.2) is 5.16 Å². The minimum absolute atomic E-state index is 0.357. The van der Waals surface area contributed by atoms with Crippen LogP contribution >= 0.6 is 11.8 Å². The van der Waals surface area contributed by atoms with E-state index in [0.29, 0.717) is 12.0 Å². The van der Waals surface area contributed by atoms with Crippen molar-refractivity contribution in [3.63, 3.8) is 0 Å². The number of ether oxygens (including phenoxy) is 1. The standard InChI is InChI=1S/C26H29N7OS/c1-27-25-28-10-6-22(31-25)18-14-17-4-5-20(34-2)16-21(17)23(15-18)30-19-8-12-33(13-9-19)24-7-11-29-26(32-24)35-3/h4-7,10-11,14-16,19,30H,8-9,12-13H2,1-3H3,(H,27,28,31). The van der Waals surface area contributed by atoms with Crippen molar-refractivity contribution in [1.29, 1.82) is 0 Å². The second-order valence-electron chi connectivity index (χ2n) is 8.43. The lowest BCUT2D eigenvalue weighted by Gasteiger charge is -2.34. The van der Waals surface area contributed by atoms with E-state index in [1.54, 1.807) is 25.1 Å². The van der Waals surface area contributed by atoms with Gasteiger partial charge in [0, 0.05) is 55.2 Å². The van der Waals surface area contributed by atoms with Gasteiger partial charge in [-0.1, -0.05) is 17.8 Å². The number of benzene rings is 2. The molecule has 1 saturated heterocycles. The lowest BCUT2D eigenvalue weighted by Crippen LogP contribution is -2.39. The van der Waals surface area contributed by atoms with Crippen LogP contribution in [0.4, 0.5) is 17.5 Å². The van der Waals surface area contributed by atoms with Crippen molar-refractivity contribution in [3.05, 3.63) is 54.9 Å². The molecule has 2 N–H and O–H groups in total. The summed E-state index contributed by atoms with van der Waals surface area (Å²) in [6.45, 7) is 1.89. The number of piperidine rings is 1. The Kier molecular flexibility index (Phi) is 6.85. The molecule has 0 unspecified atom stereocenters. The second kappa shape index (κ2) is 10.4. The molecule has 8 nitrogen and oxygen atoms in total. The predicted molar refractivity (Wildman–Crippen MR) is 144 cm³/mol. The number of fused-ring (bicyclic) bond motifs is 1. The molecule has 2 aromatic heterocycles. The highest BCUT2D eigenvalue weighted by Gasteiger charge is 2.21. The molecule has 35 heavy (non-hydrogen) atoms. The van der Waals surface area contributed by atoms with Crippen molar-refractivity contribution in [2.24, 2.45) is 0 Å². The first-order chi connectivity index (χ1) is 17.2. The van der Waals surface area contributed by atoms with Crippen LogP contribution in [0.2, 0.25) is 0 Å². The summed E-state index contributed by atoms with van der Waals surface area (Å²) in [6.07, 6.45) is 7.67. The van der Waals surface area contributed by atoms with Gasteiger partial charge in [-0.05, 0) is 60.9 Å². The number of hydrogen-bond donors (Lipinski definition) is 2. The van der Waals surface area contributed by atoms with Crippen molar-refractivity contribution < 1.29 is 4.74 Å². The third-order valence-electron chi connectivity index (χ3n) is 6.32. The number of rotatable bonds is 7. The molecule has 0 spiro atoms. The van der Waals surface area contributed by atoms with Gasteiger partial charge in [-0.25, -0.2) is 19.9 Å². The minimum Gasteiger partial charge on any atom is -0.497 e. The van der Waals surface area contributed by atoms with Crippen LogP contribution in [0.15, 0.2) is 60.0 Å². The maximum atomic E-state index is 5.52. The molecule has 1 aliphatic heterocycles. The number of anilines is 3. The normalized spacial score (nSPS) is 14.2. The highest BCUT2D eigenvalue weighted by molar-refractivity contribution is 7.98. The summed E-state index contributed by atoms with van der Waals surface area (Å²) in [5.74, 6) is 2.45. The Balaban J connectivity index is 1.41. The van der Waals surface area contributed by atoms with Crippen LogP contribution in [0.3, 0.4) is 0 Å². The topological polar surface area (TPSA) is 88.1 Å². The fraction of sp³-hybridized carbons (Fsp3) is 0.308. The number of nitrogens with one attached hydrogen (secondary N) is 2. The van der Waals surface area contributed by atoms with E-state index in [0.717, 1.165) is 70.4 Å². The van der Waals surface area contributed by atoms with E-state index >= 15 is 0 Å². The van der Waals surface area contributed by atoms with E-state index < -0.39 is 0 Å². The summed E-state index contributed by atoms with van der Waals surface area (Å²) in [7, 11) is 3.53. The van der Waals surface area contributed by atoms with Crippen molar-refractivity contribution in [2.45, 2.75) is 24.0 Å². The molecular weight excluding hydrogens is 458 g/mol. The number of aromatic nitrogens is 4. The van der Waals surface area contributed by atoms with Gasteiger partial charge in [0.05, 0.1) is 12.8 Å². The fourth-order valence-electron chi connectivity index (χ4n) is 4.45. The third kappa shape index (κ3) is 5.09. The van der Waals surface area contributed by atoms with E-state index in [1.807, 2.05) is 37.7 Å². The average Bonchev–Trinajstić information content (AvgIpc) is 2.93. The van der Waals surface area contributed by atoms with Gasteiger partial charge in [-0.15, -0.1) is 0 Å². The Morgan fingerprint density at radius 1 is 1.00 bits per heavy atom. The molecule has 0 aliphatic carbocycles. The predicted octanol–water partition coefficient (Wildman–Crippen LogP) is 4.94. The lowest BCUT2D eigenvalue weighted by molar-refractivity contribution is 0.415. The van der Waals surface area contributed by atoms with Crippen molar-refractivity contribution >= 4 is 40.0 Å². The molecule has 2 aromatic carbocycles. The van der Waals surface area contributed by atoms with E-state index in [9.17, 15) is 0 Å². The lowest BCUT2D eigenvalue weighted by atomic mass is 10.00. The van der Waals surface area contributed by atoms with Gasteiger partial charge < -0.3 is 20.3 Å². The minimum atomic E-state index is 0.357. The van der Waals surface area contributed by atoms with Crippen LogP contribution in [-0.2, 0) is 0 Å². The number of methoxy groups -OCH3 is 1. The highest BCUT2D eigenvalue weighted by atomic mass is 32.2. The summed E-state index contributed by atoms with van der Waals surface area (Å²) in [6, 6.07) is 14.8. The largest absolute Gasteiger partial charge is 0.497 e. The first-order valence-corrected chi connectivity index (χ1v) is 12.9. The molecule has 4 aromatic rings. The van der Waals surface area contributed by atoms with Gasteiger partial charge in [-0.2, -0.15) is 0 Å². The van der Waals surface area contributed by atoms with Crippen molar-refractivity contribution in [3.8, 4) is 17.0 Å². The molecule has 9 heteroatoms. The summed E-state index contributed by atoms with van der Waals surface area (Å²) in [5, 5.41) is 9.94. The molecule has 180 valence electrons. The van der Waals surface area contributed by atoms with E-state index in [4.69, 9.17) is 4.74 Å². The molecule has 0 radical (unpaired) electrons. The number of thioether (sulfide) groups is 1. The van der Waals surface area contributed by atoms with E-state index in [1.165, 1.54) is 0 Å². The molecule has 0 atom stereocenters. The van der Waals surface area contributed by atoms with Crippen LogP contribution in [-0.4, -0.2) is 59.5 Å². The first-order valence-electron chi connectivity index (χ1n) is 11.7. The van der Waals surface area contributed by atoms with Crippen LogP contribution < -0.4 is 20.3 Å². The third-order valence-corrected chi connectivity index (χ3v) is 6.88. The van der Waals surface area contributed by atoms with Gasteiger partial charge in [0.25, 0.3) is 0 Å². The van der Waals surface area contributed by atoms with Gasteiger partial charge in [0.2, 0.25) is 5.95 Å². The Hall–Kier alpha value is -3.59. The maximum absolute atomic E-state index is 5.52. The van der Waals surface area contributed by atoms with E-state index in [2.05, 4.69) is 59.7 Å². The maximum Gasteiger partial charge on any atom is 0.222 e. The van der Waals surface area contributed by atoms with Crippen LogP contribution in [0.25, 0.3) is 22.0 Å². The van der Waals surface area contributed by atoms with Crippen LogP contribution in [0.5, 0.6) is 5.75 Å². The van der Waals surface area contributed by atoms with Crippen molar-refractivity contribution in [2.75, 3.05) is 49.0 Å². The van der Waals surface area contributed by atoms with Gasteiger partial charge >= 0.3 is 0 Å². The first kappa shape index (κ1) is 23.2. The summed E-state index contributed by atoms with van der Waals surface area (Å²) in [5.41, 5.74) is 3.02. The molecule has 0 saturated carbocycles. The summed E-state index contributed by atoms with van der Waals surface area (Å²) in [4.78, 5) is 20.2. The Morgan fingerprint density at radius 2 is 1.83 bits per heavy atom. The van der Waals surface area contributed by atoms with Crippen molar-refractivity contribution in [1.82, 2.24) is 19.9 Å². The smallest absolute Gasteiger partial charge is 0.222 e. The van der Waals surface area contributed by atoms with Crippen LogP contribution in [0, 0.1) is 0 Å². The molecule has 0 bridgehead atoms. The zero-order valence-electron chi connectivity index (χ0n) is 20.2. The molecular formula is C26H29N7OS. The van der Waals surface area contributed by atoms with Gasteiger partial charge in [-0.3, -0.25) is 0 Å². The molecule has 1 aliphatic rings. The number of nitrogens with zero attached hydrogens (tertiary/aromatic N) is 5. The Labute approximate surface area is 209 Å². The molecule has 5 rings (SSSR count). The average molecular weight is 488 g/mol. The summed E-state index contributed by atoms with van der Waals surface area (Å²) < 4.78 is 5.52. The molecule has 0 amide bonds. The zero-order chi connectivity index (χ0) is 24.2. The summed E-state index contributed by atoms with van der Waals surface area (Å²) >= 11 is 1.57. The van der Waals surface area contributed by atoms with E-state index in [-0.39, 0.29) is 0 Å². The number of hydrogen-bond acceptors (Lipinski definition) is 9. The Morgan fingerprint density at radius 3 is 2.60 bits per heavy atom. The van der Waals surface area contributed by atoms with Gasteiger partial charge in [0.1, 0.15) is 11.6 Å². The fourth-order valence-corrected chi connectivity index (χ4v) is 4.80. The SMILES string of the molecule is CNc1nccc(-c2cc(NC3CCN(c4ccnc(SC)n4)CC3)c3cc(OC)ccc3c2)n1. The Bertz CT molecular complexity index is 1320. The van der Waals surface area contributed by atoms with Crippen LogP contribution in [0.1, 0.15) is 12.8 Å². The monoisotopic (exact) mass is 487 g/mol. The quantitative estimate of drug-likeness (QED) is 0.278. The molecule has 1 fully saturated rings. The molecule has 3 heterocycles. The second-order valence-corrected chi connectivity index (χ2v) is 9.21.